The number of rotatable bonds is 5. The molecule has 27 heavy (non-hydrogen) atoms. The number of benzene rings is 2. The van der Waals surface area contributed by atoms with E-state index in [1.54, 1.807) is 30.1 Å². The summed E-state index contributed by atoms with van der Waals surface area (Å²) in [5.41, 5.74) is 2.69. The van der Waals surface area contributed by atoms with E-state index in [0.717, 1.165) is 16.3 Å². The van der Waals surface area contributed by atoms with E-state index in [1.807, 2.05) is 42.5 Å². The number of pyridine rings is 1. The SMILES string of the molecule is O=C(Nc1cccc(CSc2ccccn2)c1)c1cc2c(F)cccc2[nH]1. The van der Waals surface area contributed by atoms with Gasteiger partial charge in [-0.3, -0.25) is 4.79 Å². The molecule has 0 saturated carbocycles. The van der Waals surface area contributed by atoms with Gasteiger partial charge in [0.05, 0.1) is 5.03 Å². The molecule has 4 rings (SSSR count). The Morgan fingerprint density at radius 3 is 2.78 bits per heavy atom. The number of halogens is 1. The lowest BCUT2D eigenvalue weighted by Crippen LogP contribution is -2.12. The van der Waals surface area contributed by atoms with Crippen molar-refractivity contribution in [1.29, 1.82) is 0 Å². The van der Waals surface area contributed by atoms with E-state index in [1.165, 1.54) is 12.1 Å². The van der Waals surface area contributed by atoms with Crippen LogP contribution < -0.4 is 5.32 Å². The Labute approximate surface area is 159 Å². The molecule has 4 nitrogen and oxygen atoms in total. The van der Waals surface area contributed by atoms with Crippen LogP contribution in [0.15, 0.2) is 78.0 Å². The topological polar surface area (TPSA) is 57.8 Å². The third kappa shape index (κ3) is 4.01. The summed E-state index contributed by atoms with van der Waals surface area (Å²) in [4.78, 5) is 19.7. The Morgan fingerprint density at radius 2 is 1.96 bits per heavy atom. The highest BCUT2D eigenvalue weighted by atomic mass is 32.2. The van der Waals surface area contributed by atoms with Crippen LogP contribution in [-0.2, 0) is 5.75 Å². The first-order chi connectivity index (χ1) is 13.2. The summed E-state index contributed by atoms with van der Waals surface area (Å²) < 4.78 is 13.8. The number of nitrogens with one attached hydrogen (secondary N) is 2. The second-order valence-electron chi connectivity index (χ2n) is 6.00. The fraction of sp³-hybridized carbons (Fsp3) is 0.0476. The average molecular weight is 377 g/mol. The van der Waals surface area contributed by atoms with Crippen LogP contribution in [0.1, 0.15) is 16.1 Å². The number of fused-ring (bicyclic) bond motifs is 1. The van der Waals surface area contributed by atoms with Gasteiger partial charge in [0, 0.05) is 28.5 Å². The number of carbonyl (C=O) groups is 1. The highest BCUT2D eigenvalue weighted by molar-refractivity contribution is 7.98. The summed E-state index contributed by atoms with van der Waals surface area (Å²) in [7, 11) is 0. The number of carbonyl (C=O) groups excluding carboxylic acids is 1. The summed E-state index contributed by atoms with van der Waals surface area (Å²) in [6.45, 7) is 0. The maximum atomic E-state index is 13.8. The van der Waals surface area contributed by atoms with Crippen molar-refractivity contribution in [3.05, 3.63) is 90.0 Å². The number of anilines is 1. The molecule has 134 valence electrons. The van der Waals surface area contributed by atoms with Gasteiger partial charge in [0.2, 0.25) is 0 Å². The molecule has 0 saturated heterocycles. The van der Waals surface area contributed by atoms with Crippen LogP contribution >= 0.6 is 11.8 Å². The molecule has 4 aromatic rings. The highest BCUT2D eigenvalue weighted by Crippen LogP contribution is 2.23. The fourth-order valence-corrected chi connectivity index (χ4v) is 3.57. The third-order valence-electron chi connectivity index (χ3n) is 4.06. The molecule has 6 heteroatoms. The number of hydrogen-bond donors (Lipinski definition) is 2. The molecule has 0 aliphatic carbocycles. The zero-order valence-electron chi connectivity index (χ0n) is 14.3. The maximum absolute atomic E-state index is 13.8. The number of aromatic nitrogens is 2. The predicted octanol–water partition coefficient (Wildman–Crippen LogP) is 5.25. The molecular weight excluding hydrogens is 361 g/mol. The highest BCUT2D eigenvalue weighted by Gasteiger charge is 2.12. The minimum atomic E-state index is -0.351. The molecule has 1 amide bonds. The Kier molecular flexibility index (Phi) is 4.89. The molecule has 0 unspecified atom stereocenters. The molecular formula is C21H16FN3OS. The van der Waals surface area contributed by atoms with Gasteiger partial charge in [-0.15, -0.1) is 11.8 Å². The van der Waals surface area contributed by atoms with E-state index < -0.39 is 0 Å². The molecule has 0 bridgehead atoms. The molecule has 2 N–H and O–H groups in total. The normalized spacial score (nSPS) is 10.9. The zero-order valence-corrected chi connectivity index (χ0v) is 15.1. The molecule has 2 aromatic carbocycles. The van der Waals surface area contributed by atoms with E-state index in [4.69, 9.17) is 0 Å². The van der Waals surface area contributed by atoms with Crippen molar-refractivity contribution >= 4 is 34.3 Å². The molecule has 2 heterocycles. The number of aromatic amines is 1. The van der Waals surface area contributed by atoms with Crippen molar-refractivity contribution in [2.24, 2.45) is 0 Å². The zero-order chi connectivity index (χ0) is 18.6. The molecule has 0 aliphatic rings. The van der Waals surface area contributed by atoms with E-state index in [0.29, 0.717) is 22.3 Å². The minimum absolute atomic E-state index is 0.305. The standard InChI is InChI=1S/C21H16FN3OS/c22-17-7-4-8-18-16(17)12-19(25-18)21(26)24-15-6-3-5-14(11-15)13-27-20-9-1-2-10-23-20/h1-12,25H,13H2,(H,24,26). The average Bonchev–Trinajstić information content (AvgIpc) is 3.14. The van der Waals surface area contributed by atoms with Crippen LogP contribution in [0.25, 0.3) is 10.9 Å². The Morgan fingerprint density at radius 1 is 1.07 bits per heavy atom. The van der Waals surface area contributed by atoms with Crippen LogP contribution in [0, 0.1) is 5.82 Å². The molecule has 0 spiro atoms. The second-order valence-corrected chi connectivity index (χ2v) is 6.99. The lowest BCUT2D eigenvalue weighted by atomic mass is 10.2. The van der Waals surface area contributed by atoms with Crippen molar-refractivity contribution in [3.8, 4) is 0 Å². The van der Waals surface area contributed by atoms with Gasteiger partial charge in [-0.1, -0.05) is 24.3 Å². The summed E-state index contributed by atoms with van der Waals surface area (Å²) >= 11 is 1.63. The lowest BCUT2D eigenvalue weighted by molar-refractivity contribution is 0.102. The summed E-state index contributed by atoms with van der Waals surface area (Å²) in [5.74, 6) is 0.0923. The lowest BCUT2D eigenvalue weighted by Gasteiger charge is -2.07. The number of amides is 1. The minimum Gasteiger partial charge on any atom is -0.350 e. The number of nitrogens with zero attached hydrogens (tertiary/aromatic N) is 1. The van der Waals surface area contributed by atoms with E-state index >= 15 is 0 Å². The fourth-order valence-electron chi connectivity index (χ4n) is 2.77. The van der Waals surface area contributed by atoms with Crippen LogP contribution in [0.5, 0.6) is 0 Å². The number of hydrogen-bond acceptors (Lipinski definition) is 3. The smallest absolute Gasteiger partial charge is 0.272 e. The van der Waals surface area contributed by atoms with Crippen molar-refractivity contribution in [1.82, 2.24) is 9.97 Å². The number of thioether (sulfide) groups is 1. The van der Waals surface area contributed by atoms with Gasteiger partial charge >= 0.3 is 0 Å². The monoisotopic (exact) mass is 377 g/mol. The van der Waals surface area contributed by atoms with Gasteiger partial charge in [0.1, 0.15) is 11.5 Å². The van der Waals surface area contributed by atoms with Gasteiger partial charge in [0.15, 0.2) is 0 Å². The Hall–Kier alpha value is -3.12. The maximum Gasteiger partial charge on any atom is 0.272 e. The van der Waals surface area contributed by atoms with Gasteiger partial charge in [-0.25, -0.2) is 9.37 Å². The summed E-state index contributed by atoms with van der Waals surface area (Å²) in [6, 6.07) is 19.7. The molecule has 0 fully saturated rings. The van der Waals surface area contributed by atoms with Crippen molar-refractivity contribution < 1.29 is 9.18 Å². The van der Waals surface area contributed by atoms with Gasteiger partial charge in [-0.2, -0.15) is 0 Å². The van der Waals surface area contributed by atoms with Crippen molar-refractivity contribution in [2.75, 3.05) is 5.32 Å². The van der Waals surface area contributed by atoms with Gasteiger partial charge < -0.3 is 10.3 Å². The Bertz CT molecular complexity index is 1090. The van der Waals surface area contributed by atoms with Crippen LogP contribution in [0.2, 0.25) is 0 Å². The number of H-pyrrole nitrogens is 1. The van der Waals surface area contributed by atoms with E-state index in [9.17, 15) is 9.18 Å². The van der Waals surface area contributed by atoms with Crippen molar-refractivity contribution in [3.63, 3.8) is 0 Å². The molecule has 2 aromatic heterocycles. The first-order valence-electron chi connectivity index (χ1n) is 8.40. The first-order valence-corrected chi connectivity index (χ1v) is 9.39. The van der Waals surface area contributed by atoms with E-state index in [2.05, 4.69) is 15.3 Å². The first kappa shape index (κ1) is 17.3. The third-order valence-corrected chi connectivity index (χ3v) is 5.08. The predicted molar refractivity (Wildman–Crippen MR) is 106 cm³/mol. The van der Waals surface area contributed by atoms with Crippen LogP contribution in [0.3, 0.4) is 0 Å². The second kappa shape index (κ2) is 7.63. The van der Waals surface area contributed by atoms with Crippen LogP contribution in [0.4, 0.5) is 10.1 Å². The summed E-state index contributed by atoms with van der Waals surface area (Å²) in [6.07, 6.45) is 1.77. The Balaban J connectivity index is 1.47. The molecule has 0 atom stereocenters. The van der Waals surface area contributed by atoms with Gasteiger partial charge in [-0.05, 0) is 48.0 Å². The molecule has 0 aliphatic heterocycles. The summed E-state index contributed by atoms with van der Waals surface area (Å²) in [5, 5.41) is 4.22. The van der Waals surface area contributed by atoms with Crippen molar-refractivity contribution in [2.45, 2.75) is 10.8 Å². The largest absolute Gasteiger partial charge is 0.350 e. The quantitative estimate of drug-likeness (QED) is 0.467. The van der Waals surface area contributed by atoms with Crippen LogP contribution in [-0.4, -0.2) is 15.9 Å². The molecule has 0 radical (unpaired) electrons. The van der Waals surface area contributed by atoms with E-state index in [-0.39, 0.29) is 11.7 Å². The van der Waals surface area contributed by atoms with Gasteiger partial charge in [0.25, 0.3) is 5.91 Å².